The highest BCUT2D eigenvalue weighted by molar-refractivity contribution is 5.75. The van der Waals surface area contributed by atoms with Gasteiger partial charge in [0, 0.05) is 6.54 Å². The van der Waals surface area contributed by atoms with Gasteiger partial charge in [-0.05, 0) is 35.4 Å². The summed E-state index contributed by atoms with van der Waals surface area (Å²) in [5.41, 5.74) is 1.84. The van der Waals surface area contributed by atoms with Crippen LogP contribution in [-0.2, 0) is 6.54 Å². The zero-order valence-corrected chi connectivity index (χ0v) is 15.3. The Bertz CT molecular complexity index is 863. The lowest BCUT2D eigenvalue weighted by molar-refractivity contribution is 0.236. The van der Waals surface area contributed by atoms with Gasteiger partial charge in [0.05, 0.1) is 20.5 Å². The van der Waals surface area contributed by atoms with Crippen molar-refractivity contribution in [3.63, 3.8) is 0 Å². The number of methoxy groups -OCH3 is 2. The maximum Gasteiger partial charge on any atom is 0.315 e. The van der Waals surface area contributed by atoms with E-state index in [9.17, 15) is 4.79 Å². The van der Waals surface area contributed by atoms with E-state index in [4.69, 9.17) is 13.9 Å². The van der Waals surface area contributed by atoms with Crippen LogP contribution in [0.1, 0.15) is 22.9 Å². The average molecular weight is 366 g/mol. The molecule has 0 saturated carbocycles. The van der Waals surface area contributed by atoms with Crippen molar-refractivity contribution < 1.29 is 18.7 Å². The highest BCUT2D eigenvalue weighted by Crippen LogP contribution is 2.27. The quantitative estimate of drug-likeness (QED) is 0.665. The van der Waals surface area contributed by atoms with E-state index in [-0.39, 0.29) is 12.1 Å². The molecule has 1 unspecified atom stereocenters. The molecule has 0 spiro atoms. The third kappa shape index (κ3) is 4.61. The van der Waals surface area contributed by atoms with Crippen molar-refractivity contribution in [2.75, 3.05) is 14.2 Å². The zero-order valence-electron chi connectivity index (χ0n) is 15.3. The summed E-state index contributed by atoms with van der Waals surface area (Å²) in [6, 6.07) is 18.2. The lowest BCUT2D eigenvalue weighted by atomic mass is 10.1. The molecule has 2 N–H and O–H groups in total. The molecule has 0 bridgehead atoms. The minimum absolute atomic E-state index is 0.296. The maximum atomic E-state index is 12.5. The molecule has 2 aromatic carbocycles. The summed E-state index contributed by atoms with van der Waals surface area (Å²) in [6.45, 7) is 0.353. The van der Waals surface area contributed by atoms with Gasteiger partial charge in [-0.25, -0.2) is 4.79 Å². The molecule has 0 fully saturated rings. The van der Waals surface area contributed by atoms with Gasteiger partial charge < -0.3 is 24.5 Å². The van der Waals surface area contributed by atoms with Crippen LogP contribution in [0.3, 0.4) is 0 Å². The first kappa shape index (κ1) is 18.4. The van der Waals surface area contributed by atoms with Crippen molar-refractivity contribution in [2.45, 2.75) is 12.6 Å². The van der Waals surface area contributed by atoms with E-state index in [2.05, 4.69) is 10.6 Å². The van der Waals surface area contributed by atoms with Crippen LogP contribution >= 0.6 is 0 Å². The molecule has 1 heterocycles. The van der Waals surface area contributed by atoms with Crippen LogP contribution in [0.4, 0.5) is 4.79 Å². The fraction of sp³-hybridized carbons (Fsp3) is 0.190. The van der Waals surface area contributed by atoms with Crippen molar-refractivity contribution in [1.82, 2.24) is 10.6 Å². The van der Waals surface area contributed by atoms with Crippen LogP contribution in [0.5, 0.6) is 11.5 Å². The van der Waals surface area contributed by atoms with E-state index < -0.39 is 0 Å². The Hall–Kier alpha value is -3.41. The van der Waals surface area contributed by atoms with E-state index in [1.54, 1.807) is 26.5 Å². The fourth-order valence-electron chi connectivity index (χ4n) is 2.77. The first-order valence-corrected chi connectivity index (χ1v) is 8.55. The monoisotopic (exact) mass is 366 g/mol. The molecule has 0 aliphatic heterocycles. The van der Waals surface area contributed by atoms with E-state index in [1.807, 2.05) is 54.6 Å². The zero-order chi connectivity index (χ0) is 19.1. The second kappa shape index (κ2) is 8.80. The van der Waals surface area contributed by atoms with Gasteiger partial charge in [-0.1, -0.05) is 36.4 Å². The Labute approximate surface area is 158 Å². The molecule has 6 heteroatoms. The molecule has 6 nitrogen and oxygen atoms in total. The van der Waals surface area contributed by atoms with Gasteiger partial charge in [-0.2, -0.15) is 0 Å². The van der Waals surface area contributed by atoms with Gasteiger partial charge in [-0.3, -0.25) is 0 Å². The fourth-order valence-corrected chi connectivity index (χ4v) is 2.77. The molecule has 0 aliphatic rings. The normalized spacial score (nSPS) is 11.5. The smallest absolute Gasteiger partial charge is 0.315 e. The summed E-state index contributed by atoms with van der Waals surface area (Å²) < 4.78 is 16.0. The van der Waals surface area contributed by atoms with Gasteiger partial charge in [0.25, 0.3) is 0 Å². The molecule has 27 heavy (non-hydrogen) atoms. The highest BCUT2D eigenvalue weighted by Gasteiger charge is 2.19. The number of benzene rings is 2. The van der Waals surface area contributed by atoms with E-state index in [0.29, 0.717) is 23.8 Å². The van der Waals surface area contributed by atoms with Gasteiger partial charge in [0.2, 0.25) is 0 Å². The summed E-state index contributed by atoms with van der Waals surface area (Å²) in [6.07, 6.45) is 1.59. The van der Waals surface area contributed by atoms with Crippen LogP contribution in [0, 0.1) is 0 Å². The van der Waals surface area contributed by atoms with Gasteiger partial charge in [-0.15, -0.1) is 0 Å². The number of hydrogen-bond donors (Lipinski definition) is 2. The lowest BCUT2D eigenvalue weighted by Gasteiger charge is -2.18. The summed E-state index contributed by atoms with van der Waals surface area (Å²) in [5.74, 6) is 1.94. The van der Waals surface area contributed by atoms with Crippen molar-refractivity contribution in [3.05, 3.63) is 83.8 Å². The number of hydrogen-bond acceptors (Lipinski definition) is 4. The lowest BCUT2D eigenvalue weighted by Crippen LogP contribution is -2.37. The third-order valence-corrected chi connectivity index (χ3v) is 4.14. The number of ether oxygens (including phenoxy) is 2. The molecule has 3 rings (SSSR count). The predicted molar refractivity (Wildman–Crippen MR) is 102 cm³/mol. The number of rotatable bonds is 7. The number of carbonyl (C=O) groups excluding carboxylic acids is 1. The Morgan fingerprint density at radius 3 is 2.44 bits per heavy atom. The number of carbonyl (C=O) groups is 1. The summed E-state index contributed by atoms with van der Waals surface area (Å²) >= 11 is 0. The molecule has 140 valence electrons. The van der Waals surface area contributed by atoms with Crippen LogP contribution < -0.4 is 20.1 Å². The predicted octanol–water partition coefficient (Wildman–Crippen LogP) is 3.89. The molecular weight excluding hydrogens is 344 g/mol. The van der Waals surface area contributed by atoms with Gasteiger partial charge >= 0.3 is 6.03 Å². The Kier molecular flexibility index (Phi) is 5.99. The molecule has 1 atom stereocenters. The van der Waals surface area contributed by atoms with Crippen LogP contribution in [0.2, 0.25) is 0 Å². The molecule has 0 saturated heterocycles. The second-order valence-corrected chi connectivity index (χ2v) is 5.88. The number of furan rings is 1. The summed E-state index contributed by atoms with van der Waals surface area (Å²) in [7, 11) is 3.16. The van der Waals surface area contributed by atoms with Crippen molar-refractivity contribution in [1.29, 1.82) is 0 Å². The van der Waals surface area contributed by atoms with E-state index in [1.165, 1.54) is 0 Å². The first-order valence-electron chi connectivity index (χ1n) is 8.55. The van der Waals surface area contributed by atoms with Crippen molar-refractivity contribution >= 4 is 6.03 Å². The molecular formula is C21H22N2O4. The van der Waals surface area contributed by atoms with Crippen LogP contribution in [0.25, 0.3) is 0 Å². The molecule has 2 amide bonds. The third-order valence-electron chi connectivity index (χ3n) is 4.14. The largest absolute Gasteiger partial charge is 0.493 e. The second-order valence-electron chi connectivity index (χ2n) is 5.88. The van der Waals surface area contributed by atoms with Gasteiger partial charge in [0.1, 0.15) is 11.8 Å². The average Bonchev–Trinajstić information content (AvgIpc) is 3.25. The Balaban J connectivity index is 1.67. The Morgan fingerprint density at radius 1 is 1.00 bits per heavy atom. The molecule has 3 aromatic rings. The summed E-state index contributed by atoms with van der Waals surface area (Å²) in [5, 5.41) is 5.82. The van der Waals surface area contributed by atoms with Crippen LogP contribution in [0.15, 0.2) is 71.3 Å². The minimum Gasteiger partial charge on any atom is -0.493 e. The minimum atomic E-state index is -0.369. The standard InChI is InChI=1S/C21H22N2O4/c1-25-17-11-10-15(13-19(17)26-2)14-22-21(24)23-20(18-9-6-12-27-18)16-7-4-3-5-8-16/h3-13,20H,14H2,1-2H3,(H2,22,23,24). The number of nitrogens with one attached hydrogen (secondary N) is 2. The summed E-state index contributed by atoms with van der Waals surface area (Å²) in [4.78, 5) is 12.5. The van der Waals surface area contributed by atoms with Crippen LogP contribution in [-0.4, -0.2) is 20.3 Å². The van der Waals surface area contributed by atoms with E-state index in [0.717, 1.165) is 11.1 Å². The SMILES string of the molecule is COc1ccc(CNC(=O)NC(c2ccccc2)c2ccco2)cc1OC. The maximum absolute atomic E-state index is 12.5. The highest BCUT2D eigenvalue weighted by atomic mass is 16.5. The number of amides is 2. The van der Waals surface area contributed by atoms with Gasteiger partial charge in [0.15, 0.2) is 11.5 Å². The van der Waals surface area contributed by atoms with Crippen molar-refractivity contribution in [2.24, 2.45) is 0 Å². The molecule has 1 aromatic heterocycles. The molecule has 0 aliphatic carbocycles. The van der Waals surface area contributed by atoms with Crippen molar-refractivity contribution in [3.8, 4) is 11.5 Å². The first-order chi connectivity index (χ1) is 13.2. The topological polar surface area (TPSA) is 72.7 Å². The number of urea groups is 1. The van der Waals surface area contributed by atoms with E-state index >= 15 is 0 Å². The Morgan fingerprint density at radius 2 is 1.78 bits per heavy atom. The molecule has 0 radical (unpaired) electrons.